The number of ether oxygens (including phenoxy) is 1. The van der Waals surface area contributed by atoms with Crippen molar-refractivity contribution in [2.75, 3.05) is 5.32 Å². The molecule has 5 heterocycles. The third-order valence-electron chi connectivity index (χ3n) is 7.69. The highest BCUT2D eigenvalue weighted by molar-refractivity contribution is 5.82. The van der Waals surface area contributed by atoms with E-state index in [0.29, 0.717) is 35.2 Å². The number of oxazole rings is 2. The number of anilines is 1. The molecule has 0 saturated heterocycles. The summed E-state index contributed by atoms with van der Waals surface area (Å²) in [5, 5.41) is 16.2. The zero-order valence-electron chi connectivity index (χ0n) is 20.9. The molecule has 1 amide bonds. The summed E-state index contributed by atoms with van der Waals surface area (Å²) in [5.41, 5.74) is 9.86. The van der Waals surface area contributed by atoms with Crippen molar-refractivity contribution >= 4 is 11.6 Å². The smallest absolute Gasteiger partial charge is 0.249 e. The minimum absolute atomic E-state index is 0.0542. The number of aromatic nitrogens is 2. The summed E-state index contributed by atoms with van der Waals surface area (Å²) in [7, 11) is 0. The fraction of sp³-hybridized carbons (Fsp3) is 0.321. The summed E-state index contributed by atoms with van der Waals surface area (Å²) in [6.45, 7) is 3.68. The number of amides is 1. The number of nitrogens with zero attached hydrogens (tertiary/aromatic N) is 2. The Kier molecular flexibility index (Phi) is 4.95. The lowest BCUT2D eigenvalue weighted by Gasteiger charge is -2.28. The van der Waals surface area contributed by atoms with Crippen LogP contribution in [-0.4, -0.2) is 33.3 Å². The summed E-state index contributed by atoms with van der Waals surface area (Å²) in [6.07, 6.45) is 1.23. The first-order chi connectivity index (χ1) is 18.4. The highest BCUT2D eigenvalue weighted by Crippen LogP contribution is 2.59. The first-order valence-corrected chi connectivity index (χ1v) is 12.7. The Hall–Kier alpha value is -4.15. The van der Waals surface area contributed by atoms with Gasteiger partial charge in [-0.15, -0.1) is 0 Å². The zero-order chi connectivity index (χ0) is 26.2. The van der Waals surface area contributed by atoms with E-state index < -0.39 is 23.7 Å². The van der Waals surface area contributed by atoms with Crippen molar-refractivity contribution in [2.24, 2.45) is 11.7 Å². The lowest BCUT2D eigenvalue weighted by molar-refractivity contribution is -0.123. The van der Waals surface area contributed by atoms with Gasteiger partial charge >= 0.3 is 0 Å². The van der Waals surface area contributed by atoms with E-state index in [1.165, 1.54) is 6.26 Å². The minimum Gasteiger partial charge on any atom is -0.469 e. The van der Waals surface area contributed by atoms with Crippen molar-refractivity contribution in [2.45, 2.75) is 50.6 Å². The number of fused-ring (bicyclic) bond motifs is 4. The lowest BCUT2D eigenvalue weighted by atomic mass is 9.72. The molecule has 2 unspecified atom stereocenters. The third-order valence-corrected chi connectivity index (χ3v) is 7.69. The molecular formula is C28H27N5O5. The van der Waals surface area contributed by atoms with Crippen LogP contribution in [-0.2, 0) is 23.2 Å². The fourth-order valence-electron chi connectivity index (χ4n) is 5.84. The van der Waals surface area contributed by atoms with E-state index in [9.17, 15) is 9.90 Å². The van der Waals surface area contributed by atoms with Gasteiger partial charge in [0, 0.05) is 11.3 Å². The van der Waals surface area contributed by atoms with Gasteiger partial charge in [0.05, 0.1) is 12.6 Å². The number of aliphatic hydroxyl groups is 1. The number of nitrogens with one attached hydrogen (secondary N) is 2. The lowest BCUT2D eigenvalue weighted by Crippen LogP contribution is -2.45. The second-order valence-corrected chi connectivity index (χ2v) is 10.4. The van der Waals surface area contributed by atoms with Gasteiger partial charge in [0.2, 0.25) is 17.7 Å². The molecule has 7 rings (SSSR count). The topological polar surface area (TPSA) is 149 Å². The second-order valence-electron chi connectivity index (χ2n) is 10.4. The predicted octanol–water partition coefficient (Wildman–Crippen LogP) is 3.00. The number of carbonyl (C=O) groups excluding carboxylic acids is 1. The van der Waals surface area contributed by atoms with Gasteiger partial charge in [-0.05, 0) is 35.6 Å². The Morgan fingerprint density at radius 1 is 1.16 bits per heavy atom. The summed E-state index contributed by atoms with van der Waals surface area (Å²) in [6, 6.07) is 12.6. The Labute approximate surface area is 218 Å². The van der Waals surface area contributed by atoms with Gasteiger partial charge < -0.3 is 35.0 Å². The normalized spacial score (nSPS) is 25.1. The number of carbonyl (C=O) groups is 1. The van der Waals surface area contributed by atoms with E-state index in [1.54, 1.807) is 0 Å². The van der Waals surface area contributed by atoms with Gasteiger partial charge in [-0.25, -0.2) is 9.97 Å². The van der Waals surface area contributed by atoms with Crippen molar-refractivity contribution < 1.29 is 23.5 Å². The molecule has 2 aromatic carbocycles. The van der Waals surface area contributed by atoms with Crippen molar-refractivity contribution in [3.8, 4) is 17.3 Å². The van der Waals surface area contributed by atoms with Crippen LogP contribution >= 0.6 is 0 Å². The van der Waals surface area contributed by atoms with E-state index >= 15 is 0 Å². The maximum absolute atomic E-state index is 13.1. The quantitative estimate of drug-likeness (QED) is 0.324. The van der Waals surface area contributed by atoms with Crippen molar-refractivity contribution in [3.05, 3.63) is 82.8 Å². The number of hydrogen-bond acceptors (Lipinski definition) is 9. The van der Waals surface area contributed by atoms with Crippen LogP contribution in [0.5, 0.6) is 5.75 Å². The number of rotatable bonds is 3. The number of nitrogens with two attached hydrogens (primary N) is 1. The Bertz CT molecular complexity index is 1580. The van der Waals surface area contributed by atoms with Gasteiger partial charge in [0.15, 0.2) is 17.7 Å². The van der Waals surface area contributed by atoms with Gasteiger partial charge in [-0.3, -0.25) is 4.79 Å². The molecule has 10 nitrogen and oxygen atoms in total. The van der Waals surface area contributed by atoms with Crippen molar-refractivity contribution in [1.82, 2.24) is 15.3 Å². The number of benzene rings is 2. The van der Waals surface area contributed by atoms with Gasteiger partial charge in [-0.2, -0.15) is 0 Å². The van der Waals surface area contributed by atoms with Crippen molar-refractivity contribution in [3.63, 3.8) is 0 Å². The molecular weight excluding hydrogens is 486 g/mol. The number of hydrogen-bond donors (Lipinski definition) is 4. The van der Waals surface area contributed by atoms with Crippen LogP contribution in [0.25, 0.3) is 11.6 Å². The molecule has 4 atom stereocenters. The maximum atomic E-state index is 13.1. The molecule has 0 fully saturated rings. The van der Waals surface area contributed by atoms with Gasteiger partial charge in [-0.1, -0.05) is 44.2 Å². The van der Waals surface area contributed by atoms with Gasteiger partial charge in [0.25, 0.3) is 0 Å². The van der Waals surface area contributed by atoms with E-state index in [-0.39, 0.29) is 24.3 Å². The molecule has 4 aromatic rings. The third kappa shape index (κ3) is 3.10. The maximum Gasteiger partial charge on any atom is 0.249 e. The molecule has 38 heavy (non-hydrogen) atoms. The molecule has 0 radical (unpaired) electrons. The Morgan fingerprint density at radius 3 is 2.79 bits per heavy atom. The highest BCUT2D eigenvalue weighted by atomic mass is 16.5. The van der Waals surface area contributed by atoms with E-state index in [2.05, 4.69) is 15.6 Å². The molecule has 194 valence electrons. The standard InChI is InChI=1S/C28H27N5O5/c1-13(2)21-26-33-22(25-30-15(11-34)12-36-25)23(38-26)28-16-5-3-4-6-19(16)31-27(28)37-20-8-7-14(9-17(20)28)10-18(29)24(35)32-21/h3-9,12-13,18,21,27,31,34H,10-11,29H2,1-2H3,(H,32,35)/t18-,21-,27?,28?/m0/s1. The average molecular weight is 514 g/mol. The van der Waals surface area contributed by atoms with E-state index in [0.717, 1.165) is 22.4 Å². The van der Waals surface area contributed by atoms with Crippen LogP contribution in [0.2, 0.25) is 0 Å². The largest absolute Gasteiger partial charge is 0.469 e. The molecule has 0 saturated carbocycles. The molecule has 0 aliphatic carbocycles. The monoisotopic (exact) mass is 513 g/mol. The molecule has 3 aliphatic rings. The van der Waals surface area contributed by atoms with E-state index in [4.69, 9.17) is 24.3 Å². The van der Waals surface area contributed by atoms with Crippen LogP contribution in [0.15, 0.2) is 57.6 Å². The van der Waals surface area contributed by atoms with Crippen LogP contribution < -0.4 is 21.1 Å². The summed E-state index contributed by atoms with van der Waals surface area (Å²) in [5.74, 6) is 1.37. The predicted molar refractivity (Wildman–Crippen MR) is 136 cm³/mol. The van der Waals surface area contributed by atoms with Crippen LogP contribution in [0.1, 0.15) is 53.9 Å². The molecule has 2 aromatic heterocycles. The van der Waals surface area contributed by atoms with Crippen LogP contribution in [0.3, 0.4) is 0 Å². The average Bonchev–Trinajstić information content (AvgIpc) is 3.66. The highest BCUT2D eigenvalue weighted by Gasteiger charge is 2.61. The molecule has 4 bridgehead atoms. The number of para-hydroxylation sites is 1. The minimum atomic E-state index is -0.925. The summed E-state index contributed by atoms with van der Waals surface area (Å²) in [4.78, 5) is 22.5. The van der Waals surface area contributed by atoms with E-state index in [1.807, 2.05) is 56.3 Å². The first kappa shape index (κ1) is 23.0. The molecule has 5 N–H and O–H groups in total. The summed E-state index contributed by atoms with van der Waals surface area (Å²) < 4.78 is 19.0. The molecule has 1 spiro atoms. The Balaban J connectivity index is 1.58. The SMILES string of the molecule is CC(C)[C@@H]1NC(=O)[C@@H](N)Cc2ccc3c(c2)C2(c4ccccc4NC2O3)c2oc1nc2-c1nc(CO)co1. The van der Waals surface area contributed by atoms with Crippen molar-refractivity contribution in [1.29, 1.82) is 0 Å². The van der Waals surface area contributed by atoms with Crippen LogP contribution in [0, 0.1) is 5.92 Å². The van der Waals surface area contributed by atoms with Crippen LogP contribution in [0.4, 0.5) is 5.69 Å². The Morgan fingerprint density at radius 2 is 2.00 bits per heavy atom. The number of aliphatic hydroxyl groups excluding tert-OH is 1. The molecule has 3 aliphatic heterocycles. The molecule has 10 heteroatoms. The second kappa shape index (κ2) is 8.17. The summed E-state index contributed by atoms with van der Waals surface area (Å²) >= 11 is 0. The fourth-order valence-corrected chi connectivity index (χ4v) is 5.84. The van der Waals surface area contributed by atoms with Gasteiger partial charge in [0.1, 0.15) is 29.2 Å². The first-order valence-electron chi connectivity index (χ1n) is 12.7. The zero-order valence-corrected chi connectivity index (χ0v) is 20.9.